The fourth-order valence-corrected chi connectivity index (χ4v) is 0.637. The predicted octanol–water partition coefficient (Wildman–Crippen LogP) is -0.140. The molecular formula is C4H4ClNO3. The van der Waals surface area contributed by atoms with Gasteiger partial charge in [0, 0.05) is 0 Å². The third-order valence-electron chi connectivity index (χ3n) is 0.934. The van der Waals surface area contributed by atoms with Crippen LogP contribution in [-0.2, 0) is 9.53 Å². The average Bonchev–Trinajstić information content (AvgIpc) is 2.14. The van der Waals surface area contributed by atoms with E-state index in [1.54, 1.807) is 0 Å². The Morgan fingerprint density at radius 2 is 2.56 bits per heavy atom. The van der Waals surface area contributed by atoms with E-state index >= 15 is 0 Å². The van der Waals surface area contributed by atoms with Crippen LogP contribution in [-0.4, -0.2) is 24.0 Å². The second kappa shape index (κ2) is 2.23. The molecule has 0 radical (unpaired) electrons. The highest BCUT2D eigenvalue weighted by Crippen LogP contribution is 2.02. The number of carbonyl (C=O) groups excluding carboxylic acids is 2. The van der Waals surface area contributed by atoms with E-state index in [0.717, 1.165) is 0 Å². The molecule has 1 fully saturated rings. The highest BCUT2D eigenvalue weighted by atomic mass is 35.5. The van der Waals surface area contributed by atoms with Gasteiger partial charge in [-0.15, -0.1) is 0 Å². The van der Waals surface area contributed by atoms with Gasteiger partial charge in [0.05, 0.1) is 6.54 Å². The summed E-state index contributed by atoms with van der Waals surface area (Å²) in [6.07, 6.45) is -1.38. The molecular weight excluding hydrogens is 146 g/mol. The van der Waals surface area contributed by atoms with E-state index in [1.165, 1.54) is 0 Å². The van der Waals surface area contributed by atoms with Crippen LogP contribution in [0.15, 0.2) is 0 Å². The summed E-state index contributed by atoms with van der Waals surface area (Å²) in [7, 11) is 0. The summed E-state index contributed by atoms with van der Waals surface area (Å²) in [4.78, 5) is 20.5. The van der Waals surface area contributed by atoms with Crippen molar-refractivity contribution in [2.24, 2.45) is 0 Å². The number of cyclic esters (lactones) is 1. The van der Waals surface area contributed by atoms with Crippen LogP contribution in [0.2, 0.25) is 0 Å². The zero-order chi connectivity index (χ0) is 6.85. The van der Waals surface area contributed by atoms with Gasteiger partial charge in [0.1, 0.15) is 0 Å². The Morgan fingerprint density at radius 3 is 2.78 bits per heavy atom. The van der Waals surface area contributed by atoms with E-state index in [2.05, 4.69) is 10.1 Å². The predicted molar refractivity (Wildman–Crippen MR) is 29.1 cm³/mol. The van der Waals surface area contributed by atoms with Gasteiger partial charge in [0.2, 0.25) is 0 Å². The molecule has 1 N–H and O–H groups in total. The zero-order valence-corrected chi connectivity index (χ0v) is 5.14. The molecule has 1 amide bonds. The molecule has 5 heteroatoms. The minimum Gasteiger partial charge on any atom is -0.435 e. The summed E-state index contributed by atoms with van der Waals surface area (Å²) < 4.78 is 4.39. The number of nitrogens with one attached hydrogen (secondary N) is 1. The maximum Gasteiger partial charge on any atom is 0.408 e. The molecule has 50 valence electrons. The van der Waals surface area contributed by atoms with Crippen LogP contribution in [0.4, 0.5) is 4.79 Å². The van der Waals surface area contributed by atoms with Crippen LogP contribution < -0.4 is 5.32 Å². The van der Waals surface area contributed by atoms with E-state index in [0.29, 0.717) is 0 Å². The summed E-state index contributed by atoms with van der Waals surface area (Å²) in [5.41, 5.74) is 0. The number of amides is 1. The molecule has 9 heavy (non-hydrogen) atoms. The second-order valence-electron chi connectivity index (χ2n) is 1.58. The molecule has 0 aromatic heterocycles. The van der Waals surface area contributed by atoms with Crippen molar-refractivity contribution in [2.75, 3.05) is 6.54 Å². The van der Waals surface area contributed by atoms with Crippen molar-refractivity contribution in [2.45, 2.75) is 6.10 Å². The van der Waals surface area contributed by atoms with E-state index < -0.39 is 17.4 Å². The van der Waals surface area contributed by atoms with Crippen LogP contribution >= 0.6 is 11.6 Å². The molecule has 0 spiro atoms. The average molecular weight is 150 g/mol. The molecule has 1 heterocycles. The van der Waals surface area contributed by atoms with Gasteiger partial charge in [-0.3, -0.25) is 4.79 Å². The van der Waals surface area contributed by atoms with Gasteiger partial charge in [-0.2, -0.15) is 0 Å². The molecule has 0 unspecified atom stereocenters. The van der Waals surface area contributed by atoms with Crippen molar-refractivity contribution >= 4 is 22.9 Å². The maximum absolute atomic E-state index is 10.2. The molecule has 1 atom stereocenters. The Bertz CT molecular complexity index is 158. The van der Waals surface area contributed by atoms with Gasteiger partial charge in [-0.1, -0.05) is 0 Å². The van der Waals surface area contributed by atoms with Crippen LogP contribution in [0.3, 0.4) is 0 Å². The first-order valence-electron chi connectivity index (χ1n) is 2.34. The number of carbonyl (C=O) groups is 2. The Labute approximate surface area is 56.1 Å². The van der Waals surface area contributed by atoms with Gasteiger partial charge in [-0.25, -0.2) is 4.79 Å². The SMILES string of the molecule is O=C1NC[C@@H](C(=O)Cl)O1. The highest BCUT2D eigenvalue weighted by Gasteiger charge is 2.27. The molecule has 4 nitrogen and oxygen atoms in total. The molecule has 0 bridgehead atoms. The lowest BCUT2D eigenvalue weighted by atomic mass is 10.4. The first-order chi connectivity index (χ1) is 4.20. The van der Waals surface area contributed by atoms with E-state index in [1.807, 2.05) is 0 Å². The number of alkyl carbamates (subject to hydrolysis) is 1. The Kier molecular flexibility index (Phi) is 1.57. The first kappa shape index (κ1) is 6.35. The van der Waals surface area contributed by atoms with Crippen LogP contribution in [0, 0.1) is 0 Å². The fraction of sp³-hybridized carbons (Fsp3) is 0.500. The number of ether oxygens (including phenoxy) is 1. The van der Waals surface area contributed by atoms with Crippen molar-refractivity contribution in [3.8, 4) is 0 Å². The summed E-state index contributed by atoms with van der Waals surface area (Å²) in [5.74, 6) is 0. The summed E-state index contributed by atoms with van der Waals surface area (Å²) in [6.45, 7) is 0.182. The monoisotopic (exact) mass is 149 g/mol. The maximum atomic E-state index is 10.2. The van der Waals surface area contributed by atoms with Crippen LogP contribution in [0.5, 0.6) is 0 Å². The standard InChI is InChI=1S/C4H4ClNO3/c5-3(7)2-1-6-4(8)9-2/h2H,1H2,(H,6,8)/t2-/m0/s1. The number of hydrogen-bond acceptors (Lipinski definition) is 3. The third kappa shape index (κ3) is 1.32. The van der Waals surface area contributed by atoms with Gasteiger partial charge >= 0.3 is 6.09 Å². The lowest BCUT2D eigenvalue weighted by Gasteiger charge is -1.96. The normalized spacial score (nSPS) is 25.0. The highest BCUT2D eigenvalue weighted by molar-refractivity contribution is 6.64. The van der Waals surface area contributed by atoms with Gasteiger partial charge in [0.25, 0.3) is 5.24 Å². The third-order valence-corrected chi connectivity index (χ3v) is 1.18. The largest absolute Gasteiger partial charge is 0.435 e. The van der Waals surface area contributed by atoms with Gasteiger partial charge < -0.3 is 10.1 Å². The Hall–Kier alpha value is -0.770. The summed E-state index contributed by atoms with van der Waals surface area (Å²) in [6, 6.07) is 0. The molecule has 0 aromatic rings. The Balaban J connectivity index is 2.48. The smallest absolute Gasteiger partial charge is 0.408 e. The fourth-order valence-electron chi connectivity index (χ4n) is 0.515. The van der Waals surface area contributed by atoms with Crippen molar-refractivity contribution < 1.29 is 14.3 Å². The molecule has 0 aliphatic carbocycles. The lowest BCUT2D eigenvalue weighted by molar-refractivity contribution is -0.117. The van der Waals surface area contributed by atoms with Gasteiger partial charge in [-0.05, 0) is 11.6 Å². The summed E-state index contributed by atoms with van der Waals surface area (Å²) in [5, 5.41) is 1.64. The van der Waals surface area contributed by atoms with Crippen molar-refractivity contribution in [3.05, 3.63) is 0 Å². The van der Waals surface area contributed by atoms with Crippen LogP contribution in [0.25, 0.3) is 0 Å². The van der Waals surface area contributed by atoms with Gasteiger partial charge in [0.15, 0.2) is 6.10 Å². The molecule has 1 rings (SSSR count). The molecule has 1 saturated heterocycles. The second-order valence-corrected chi connectivity index (χ2v) is 1.95. The number of halogens is 1. The quantitative estimate of drug-likeness (QED) is 0.528. The lowest BCUT2D eigenvalue weighted by Crippen LogP contribution is -2.19. The molecule has 0 saturated carbocycles. The first-order valence-corrected chi connectivity index (χ1v) is 2.72. The Morgan fingerprint density at radius 1 is 1.89 bits per heavy atom. The zero-order valence-electron chi connectivity index (χ0n) is 4.39. The molecule has 1 aliphatic rings. The van der Waals surface area contributed by atoms with E-state index in [4.69, 9.17) is 11.6 Å². The van der Waals surface area contributed by atoms with Crippen LogP contribution in [0.1, 0.15) is 0 Å². The van der Waals surface area contributed by atoms with Crippen molar-refractivity contribution in [1.29, 1.82) is 0 Å². The molecule has 1 aliphatic heterocycles. The minimum atomic E-state index is -0.792. The van der Waals surface area contributed by atoms with E-state index in [9.17, 15) is 9.59 Å². The number of rotatable bonds is 1. The van der Waals surface area contributed by atoms with Crippen molar-refractivity contribution in [3.63, 3.8) is 0 Å². The molecule has 0 aromatic carbocycles. The summed E-state index contributed by atoms with van der Waals surface area (Å²) >= 11 is 4.99. The minimum absolute atomic E-state index is 0.182. The topological polar surface area (TPSA) is 55.4 Å². The number of hydrogen-bond donors (Lipinski definition) is 1. The van der Waals surface area contributed by atoms with Crippen molar-refractivity contribution in [1.82, 2.24) is 5.32 Å². The van der Waals surface area contributed by atoms with E-state index in [-0.39, 0.29) is 6.54 Å².